The maximum atomic E-state index is 6.20. The molecule has 0 aromatic carbocycles. The first-order valence-corrected chi connectivity index (χ1v) is 7.64. The summed E-state index contributed by atoms with van der Waals surface area (Å²) in [6.07, 6.45) is 2.35. The minimum Gasteiger partial charge on any atom is -0.327 e. The maximum absolute atomic E-state index is 6.20. The maximum Gasteiger partial charge on any atom is 0.0285 e. The van der Waals surface area contributed by atoms with E-state index in [1.165, 1.54) is 27.3 Å². The fraction of sp³-hybridized carbons (Fsp3) is 0.600. The van der Waals surface area contributed by atoms with Crippen molar-refractivity contribution in [2.45, 2.75) is 18.9 Å². The number of rotatable bonds is 3. The standard InChI is InChI=1S/C10H14BrNS2/c11-8-3-9(14-6-8)4-10(12)7-1-2-13-5-7/h3,6-7,10H,1-2,4-5,12H2. The quantitative estimate of drug-likeness (QED) is 0.926. The van der Waals surface area contributed by atoms with Crippen LogP contribution in [-0.4, -0.2) is 17.5 Å². The van der Waals surface area contributed by atoms with E-state index in [0.717, 1.165) is 12.3 Å². The number of hydrogen-bond donors (Lipinski definition) is 1. The molecule has 2 atom stereocenters. The van der Waals surface area contributed by atoms with Crippen molar-refractivity contribution in [1.29, 1.82) is 0 Å². The molecule has 0 bridgehead atoms. The van der Waals surface area contributed by atoms with E-state index in [1.54, 1.807) is 11.3 Å². The van der Waals surface area contributed by atoms with Crippen LogP contribution in [0.2, 0.25) is 0 Å². The molecule has 14 heavy (non-hydrogen) atoms. The van der Waals surface area contributed by atoms with Gasteiger partial charge in [0.15, 0.2) is 0 Å². The summed E-state index contributed by atoms with van der Waals surface area (Å²) in [6.45, 7) is 0. The predicted octanol–water partition coefficient (Wildman–Crippen LogP) is 3.13. The third-order valence-electron chi connectivity index (χ3n) is 2.63. The molecule has 2 heterocycles. The first-order chi connectivity index (χ1) is 6.75. The zero-order chi connectivity index (χ0) is 9.97. The number of thiophene rings is 1. The van der Waals surface area contributed by atoms with Crippen molar-refractivity contribution in [3.05, 3.63) is 20.8 Å². The van der Waals surface area contributed by atoms with E-state index in [-0.39, 0.29) is 0 Å². The summed E-state index contributed by atoms with van der Waals surface area (Å²) in [7, 11) is 0. The third kappa shape index (κ3) is 2.75. The van der Waals surface area contributed by atoms with Crippen LogP contribution in [0.1, 0.15) is 11.3 Å². The summed E-state index contributed by atoms with van der Waals surface area (Å²) in [5, 5.41) is 2.13. The van der Waals surface area contributed by atoms with Gasteiger partial charge < -0.3 is 5.73 Å². The number of hydrogen-bond acceptors (Lipinski definition) is 3. The van der Waals surface area contributed by atoms with Crippen LogP contribution >= 0.6 is 39.0 Å². The highest BCUT2D eigenvalue weighted by molar-refractivity contribution is 9.10. The largest absolute Gasteiger partial charge is 0.327 e. The van der Waals surface area contributed by atoms with Crippen LogP contribution in [0.4, 0.5) is 0 Å². The first-order valence-electron chi connectivity index (χ1n) is 4.82. The van der Waals surface area contributed by atoms with Crippen LogP contribution in [0, 0.1) is 5.92 Å². The second kappa shape index (κ2) is 5.01. The molecule has 0 spiro atoms. The predicted molar refractivity (Wildman–Crippen MR) is 69.1 cm³/mol. The van der Waals surface area contributed by atoms with Gasteiger partial charge in [-0.25, -0.2) is 0 Å². The van der Waals surface area contributed by atoms with E-state index >= 15 is 0 Å². The monoisotopic (exact) mass is 291 g/mol. The van der Waals surface area contributed by atoms with Crippen LogP contribution in [0.25, 0.3) is 0 Å². The normalized spacial score (nSPS) is 24.0. The SMILES string of the molecule is NC(Cc1cc(Br)cs1)C1CCSC1. The van der Waals surface area contributed by atoms with Gasteiger partial charge in [0.2, 0.25) is 0 Å². The van der Waals surface area contributed by atoms with Gasteiger partial charge in [0.25, 0.3) is 0 Å². The summed E-state index contributed by atoms with van der Waals surface area (Å²) in [4.78, 5) is 1.40. The van der Waals surface area contributed by atoms with Crippen LogP contribution in [-0.2, 0) is 6.42 Å². The second-order valence-electron chi connectivity index (χ2n) is 3.72. The number of halogens is 1. The molecule has 1 saturated heterocycles. The van der Waals surface area contributed by atoms with Crippen LogP contribution in [0.5, 0.6) is 0 Å². The molecule has 1 aliphatic rings. The van der Waals surface area contributed by atoms with E-state index in [0.29, 0.717) is 6.04 Å². The van der Waals surface area contributed by atoms with Gasteiger partial charge in [-0.05, 0) is 52.3 Å². The minimum absolute atomic E-state index is 0.357. The molecule has 0 radical (unpaired) electrons. The molecular weight excluding hydrogens is 278 g/mol. The zero-order valence-electron chi connectivity index (χ0n) is 7.91. The zero-order valence-corrected chi connectivity index (χ0v) is 11.1. The lowest BCUT2D eigenvalue weighted by molar-refractivity contribution is 0.465. The van der Waals surface area contributed by atoms with Gasteiger partial charge in [-0.15, -0.1) is 11.3 Å². The topological polar surface area (TPSA) is 26.0 Å². The molecular formula is C10H14BrNS2. The van der Waals surface area contributed by atoms with Crippen LogP contribution in [0.15, 0.2) is 15.9 Å². The molecule has 1 fully saturated rings. The molecule has 1 aliphatic heterocycles. The summed E-state index contributed by atoms with van der Waals surface area (Å²) in [5.74, 6) is 3.29. The van der Waals surface area contributed by atoms with E-state index in [2.05, 4.69) is 27.4 Å². The lowest BCUT2D eigenvalue weighted by Crippen LogP contribution is -2.31. The van der Waals surface area contributed by atoms with Crippen LogP contribution in [0.3, 0.4) is 0 Å². The van der Waals surface area contributed by atoms with Gasteiger partial charge in [-0.3, -0.25) is 0 Å². The van der Waals surface area contributed by atoms with Crippen molar-refractivity contribution in [3.63, 3.8) is 0 Å². The van der Waals surface area contributed by atoms with Crippen molar-refractivity contribution in [1.82, 2.24) is 0 Å². The number of thioether (sulfide) groups is 1. The summed E-state index contributed by atoms with van der Waals surface area (Å²) in [5.41, 5.74) is 6.20. The van der Waals surface area contributed by atoms with Crippen molar-refractivity contribution in [2.24, 2.45) is 11.7 Å². The molecule has 2 unspecified atom stereocenters. The van der Waals surface area contributed by atoms with E-state index in [4.69, 9.17) is 5.73 Å². The first kappa shape index (κ1) is 11.0. The Hall–Kier alpha value is 0.490. The molecule has 1 aromatic rings. The average Bonchev–Trinajstić information content (AvgIpc) is 2.75. The summed E-state index contributed by atoms with van der Waals surface area (Å²) < 4.78 is 1.19. The van der Waals surface area contributed by atoms with Crippen molar-refractivity contribution in [3.8, 4) is 0 Å². The molecule has 1 aromatic heterocycles. The van der Waals surface area contributed by atoms with E-state index in [1.807, 2.05) is 11.8 Å². The Morgan fingerprint density at radius 1 is 1.64 bits per heavy atom. The molecule has 4 heteroatoms. The van der Waals surface area contributed by atoms with Gasteiger partial charge in [-0.2, -0.15) is 11.8 Å². The van der Waals surface area contributed by atoms with Gasteiger partial charge in [0.05, 0.1) is 0 Å². The Kier molecular flexibility index (Phi) is 3.93. The molecule has 0 saturated carbocycles. The Morgan fingerprint density at radius 2 is 2.50 bits per heavy atom. The molecule has 1 nitrogen and oxygen atoms in total. The molecule has 2 N–H and O–H groups in total. The lowest BCUT2D eigenvalue weighted by atomic mass is 9.97. The van der Waals surface area contributed by atoms with Crippen molar-refractivity contribution in [2.75, 3.05) is 11.5 Å². The second-order valence-corrected chi connectivity index (χ2v) is 6.78. The highest BCUT2D eigenvalue weighted by Gasteiger charge is 2.22. The summed E-state index contributed by atoms with van der Waals surface area (Å²) >= 11 is 7.31. The highest BCUT2D eigenvalue weighted by Crippen LogP contribution is 2.28. The Balaban J connectivity index is 1.90. The van der Waals surface area contributed by atoms with Crippen molar-refractivity contribution >= 4 is 39.0 Å². The molecule has 0 aliphatic carbocycles. The van der Waals surface area contributed by atoms with Crippen molar-refractivity contribution < 1.29 is 0 Å². The molecule has 78 valence electrons. The van der Waals surface area contributed by atoms with Gasteiger partial charge in [0.1, 0.15) is 0 Å². The Bertz CT molecular complexity index is 294. The van der Waals surface area contributed by atoms with E-state index < -0.39 is 0 Å². The number of nitrogens with two attached hydrogens (primary N) is 1. The minimum atomic E-state index is 0.357. The van der Waals surface area contributed by atoms with Crippen LogP contribution < -0.4 is 5.73 Å². The highest BCUT2D eigenvalue weighted by atomic mass is 79.9. The van der Waals surface area contributed by atoms with Gasteiger partial charge in [0, 0.05) is 20.8 Å². The van der Waals surface area contributed by atoms with Gasteiger partial charge >= 0.3 is 0 Å². The Morgan fingerprint density at radius 3 is 3.07 bits per heavy atom. The molecule has 0 amide bonds. The smallest absolute Gasteiger partial charge is 0.0285 e. The lowest BCUT2D eigenvalue weighted by Gasteiger charge is -2.16. The molecule has 2 rings (SSSR count). The fourth-order valence-corrected chi connectivity index (χ4v) is 4.63. The van der Waals surface area contributed by atoms with E-state index in [9.17, 15) is 0 Å². The Labute approximate surface area is 102 Å². The van der Waals surface area contributed by atoms with Gasteiger partial charge in [-0.1, -0.05) is 0 Å². The average molecular weight is 292 g/mol. The third-order valence-corrected chi connectivity index (χ3v) is 5.54. The summed E-state index contributed by atoms with van der Waals surface area (Å²) in [6, 6.07) is 2.54. The fourth-order valence-electron chi connectivity index (χ4n) is 1.75.